The van der Waals surface area contributed by atoms with E-state index in [0.717, 1.165) is 63.4 Å². The van der Waals surface area contributed by atoms with Crippen LogP contribution in [-0.2, 0) is 4.79 Å². The van der Waals surface area contributed by atoms with E-state index < -0.39 is 0 Å². The van der Waals surface area contributed by atoms with Crippen LogP contribution in [0.4, 0.5) is 11.4 Å². The fourth-order valence-electron chi connectivity index (χ4n) is 4.44. The van der Waals surface area contributed by atoms with Crippen LogP contribution in [0.15, 0.2) is 54.6 Å². The van der Waals surface area contributed by atoms with Crippen LogP contribution < -0.4 is 9.80 Å². The van der Waals surface area contributed by atoms with Gasteiger partial charge >= 0.3 is 0 Å². The topological polar surface area (TPSA) is 71.1 Å². The SMILES string of the molecule is O=C([C@H](c1ccccc1)[NH+]1CCN(c2ccc([N+](=O)[O-])cc2)CC1)N1CCCC1. The van der Waals surface area contributed by atoms with Crippen molar-refractivity contribution in [2.24, 2.45) is 0 Å². The highest BCUT2D eigenvalue weighted by Gasteiger charge is 2.37. The molecule has 0 unspecified atom stereocenters. The molecule has 0 saturated carbocycles. The summed E-state index contributed by atoms with van der Waals surface area (Å²) in [4.78, 5) is 29.4. The van der Waals surface area contributed by atoms with Gasteiger partial charge in [-0.15, -0.1) is 0 Å². The Labute approximate surface area is 170 Å². The molecule has 2 aliphatic heterocycles. The van der Waals surface area contributed by atoms with Crippen LogP contribution in [0, 0.1) is 10.1 Å². The summed E-state index contributed by atoms with van der Waals surface area (Å²) in [6.45, 7) is 5.09. The van der Waals surface area contributed by atoms with Crippen LogP contribution in [-0.4, -0.2) is 55.0 Å². The largest absolute Gasteiger partial charge is 0.360 e. The third kappa shape index (κ3) is 4.24. The Balaban J connectivity index is 1.47. The molecule has 1 N–H and O–H groups in total. The van der Waals surface area contributed by atoms with E-state index in [1.165, 1.54) is 4.90 Å². The van der Waals surface area contributed by atoms with E-state index >= 15 is 0 Å². The molecular formula is C22H27N4O3+. The van der Waals surface area contributed by atoms with Crippen molar-refractivity contribution in [3.05, 3.63) is 70.3 Å². The summed E-state index contributed by atoms with van der Waals surface area (Å²) in [5.41, 5.74) is 2.19. The number of quaternary nitrogens is 1. The average Bonchev–Trinajstić information content (AvgIpc) is 3.30. The second kappa shape index (κ2) is 8.61. The van der Waals surface area contributed by atoms with Gasteiger partial charge in [-0.1, -0.05) is 30.3 Å². The molecule has 152 valence electrons. The minimum Gasteiger partial charge on any atom is -0.360 e. The second-order valence-corrected chi connectivity index (χ2v) is 7.79. The van der Waals surface area contributed by atoms with Gasteiger partial charge in [0.2, 0.25) is 0 Å². The number of carbonyl (C=O) groups excluding carboxylic acids is 1. The minimum absolute atomic E-state index is 0.110. The van der Waals surface area contributed by atoms with Gasteiger partial charge in [0, 0.05) is 36.5 Å². The molecule has 7 heteroatoms. The number of piperazine rings is 1. The molecule has 0 radical (unpaired) electrons. The number of amides is 1. The van der Waals surface area contributed by atoms with E-state index in [0.29, 0.717) is 0 Å². The van der Waals surface area contributed by atoms with Crippen LogP contribution in [0.1, 0.15) is 24.4 Å². The number of anilines is 1. The molecule has 29 heavy (non-hydrogen) atoms. The predicted octanol–water partition coefficient (Wildman–Crippen LogP) is 1.66. The summed E-state index contributed by atoms with van der Waals surface area (Å²) in [7, 11) is 0. The first kappa shape index (κ1) is 19.4. The Morgan fingerprint density at radius 2 is 1.55 bits per heavy atom. The molecule has 2 saturated heterocycles. The zero-order chi connectivity index (χ0) is 20.2. The number of carbonyl (C=O) groups is 1. The highest BCUT2D eigenvalue weighted by molar-refractivity contribution is 5.82. The van der Waals surface area contributed by atoms with Crippen molar-refractivity contribution in [2.45, 2.75) is 18.9 Å². The van der Waals surface area contributed by atoms with Gasteiger partial charge < -0.3 is 14.7 Å². The minimum atomic E-state index is -0.375. The lowest BCUT2D eigenvalue weighted by Gasteiger charge is -2.38. The fraction of sp³-hybridized carbons (Fsp3) is 0.409. The number of likely N-dealkylation sites (tertiary alicyclic amines) is 1. The van der Waals surface area contributed by atoms with Gasteiger partial charge in [0.1, 0.15) is 0 Å². The van der Waals surface area contributed by atoms with E-state index in [-0.39, 0.29) is 22.6 Å². The first-order valence-electron chi connectivity index (χ1n) is 10.3. The molecule has 0 aliphatic carbocycles. The van der Waals surface area contributed by atoms with Gasteiger partial charge in [0.05, 0.1) is 31.1 Å². The first-order valence-corrected chi connectivity index (χ1v) is 10.3. The van der Waals surface area contributed by atoms with E-state index in [4.69, 9.17) is 0 Å². The first-order chi connectivity index (χ1) is 14.1. The van der Waals surface area contributed by atoms with Crippen molar-refractivity contribution in [2.75, 3.05) is 44.2 Å². The van der Waals surface area contributed by atoms with E-state index in [1.54, 1.807) is 12.1 Å². The van der Waals surface area contributed by atoms with Gasteiger partial charge in [0.25, 0.3) is 11.6 Å². The van der Waals surface area contributed by atoms with Crippen molar-refractivity contribution in [3.63, 3.8) is 0 Å². The zero-order valence-corrected chi connectivity index (χ0v) is 16.5. The van der Waals surface area contributed by atoms with Crippen LogP contribution in [0.5, 0.6) is 0 Å². The Bertz CT molecular complexity index is 842. The average molecular weight is 395 g/mol. The Hall–Kier alpha value is -2.93. The molecule has 1 atom stereocenters. The molecule has 1 amide bonds. The van der Waals surface area contributed by atoms with Crippen LogP contribution in [0.3, 0.4) is 0 Å². The van der Waals surface area contributed by atoms with Crippen LogP contribution >= 0.6 is 0 Å². The molecule has 4 rings (SSSR count). The summed E-state index contributed by atoms with van der Waals surface area (Å²) in [5.74, 6) is 0.243. The van der Waals surface area contributed by atoms with Gasteiger partial charge in [-0.3, -0.25) is 14.9 Å². The summed E-state index contributed by atoms with van der Waals surface area (Å²) in [6, 6.07) is 16.7. The molecule has 0 bridgehead atoms. The molecule has 2 aromatic carbocycles. The van der Waals surface area contributed by atoms with E-state index in [1.807, 2.05) is 35.2 Å². The second-order valence-electron chi connectivity index (χ2n) is 7.79. The molecule has 2 aromatic rings. The van der Waals surface area contributed by atoms with E-state index in [9.17, 15) is 14.9 Å². The zero-order valence-electron chi connectivity index (χ0n) is 16.5. The summed E-state index contributed by atoms with van der Waals surface area (Å²) >= 11 is 0. The number of non-ortho nitro benzene ring substituents is 1. The smallest absolute Gasteiger partial charge is 0.285 e. The summed E-state index contributed by atoms with van der Waals surface area (Å²) < 4.78 is 0. The van der Waals surface area contributed by atoms with Gasteiger partial charge in [-0.05, 0) is 25.0 Å². The Morgan fingerprint density at radius 3 is 2.14 bits per heavy atom. The Morgan fingerprint density at radius 1 is 0.931 bits per heavy atom. The summed E-state index contributed by atoms with van der Waals surface area (Å²) in [6.07, 6.45) is 2.19. The standard InChI is InChI=1S/C22H26N4O3/c27-22(25-12-4-5-13-25)21(18-6-2-1-3-7-18)24-16-14-23(15-17-24)19-8-10-20(11-9-19)26(28)29/h1-3,6-11,21H,4-5,12-17H2/p+1/t21-/m0/s1. The van der Waals surface area contributed by atoms with Crippen molar-refractivity contribution in [3.8, 4) is 0 Å². The van der Waals surface area contributed by atoms with Crippen molar-refractivity contribution in [1.82, 2.24) is 4.90 Å². The monoisotopic (exact) mass is 395 g/mol. The normalized spacial score (nSPS) is 18.6. The molecule has 0 aromatic heterocycles. The maximum absolute atomic E-state index is 13.3. The molecule has 2 heterocycles. The molecule has 2 fully saturated rings. The number of hydrogen-bond acceptors (Lipinski definition) is 4. The highest BCUT2D eigenvalue weighted by atomic mass is 16.6. The summed E-state index contributed by atoms with van der Waals surface area (Å²) in [5, 5.41) is 10.9. The number of nitro benzene ring substituents is 1. The Kier molecular flexibility index (Phi) is 5.76. The van der Waals surface area contributed by atoms with E-state index in [2.05, 4.69) is 17.0 Å². The number of hydrogen-bond donors (Lipinski definition) is 1. The number of benzene rings is 2. The van der Waals surface area contributed by atoms with Crippen molar-refractivity contribution < 1.29 is 14.6 Å². The van der Waals surface area contributed by atoms with Crippen molar-refractivity contribution >= 4 is 17.3 Å². The quantitative estimate of drug-likeness (QED) is 0.618. The number of nitrogens with one attached hydrogen (secondary N) is 1. The third-order valence-corrected chi connectivity index (χ3v) is 6.04. The fourth-order valence-corrected chi connectivity index (χ4v) is 4.44. The van der Waals surface area contributed by atoms with Crippen molar-refractivity contribution in [1.29, 1.82) is 0 Å². The van der Waals surface area contributed by atoms with Gasteiger partial charge in [0.15, 0.2) is 6.04 Å². The number of nitro groups is 1. The number of nitrogens with zero attached hydrogens (tertiary/aromatic N) is 3. The maximum atomic E-state index is 13.3. The van der Waals surface area contributed by atoms with Gasteiger partial charge in [-0.2, -0.15) is 0 Å². The lowest BCUT2D eigenvalue weighted by molar-refractivity contribution is -0.922. The molecule has 2 aliphatic rings. The third-order valence-electron chi connectivity index (χ3n) is 6.04. The number of rotatable bonds is 5. The highest BCUT2D eigenvalue weighted by Crippen LogP contribution is 2.21. The molecular weight excluding hydrogens is 368 g/mol. The lowest BCUT2D eigenvalue weighted by atomic mass is 10.0. The van der Waals surface area contributed by atoms with Crippen LogP contribution in [0.2, 0.25) is 0 Å². The van der Waals surface area contributed by atoms with Gasteiger partial charge in [-0.25, -0.2) is 0 Å². The lowest BCUT2D eigenvalue weighted by Crippen LogP contribution is -3.16. The molecule has 0 spiro atoms. The molecule has 7 nitrogen and oxygen atoms in total. The maximum Gasteiger partial charge on any atom is 0.285 e. The van der Waals surface area contributed by atoms with Crippen LogP contribution in [0.25, 0.3) is 0 Å². The predicted molar refractivity (Wildman–Crippen MR) is 111 cm³/mol.